The second-order valence-electron chi connectivity index (χ2n) is 6.01. The monoisotopic (exact) mass is 440 g/mol. The maximum Gasteiger partial charge on any atom is 0.348 e. The lowest BCUT2D eigenvalue weighted by Crippen LogP contribution is -2.22. The molecule has 0 aliphatic carbocycles. The Morgan fingerprint density at radius 3 is 2.03 bits per heavy atom. The summed E-state index contributed by atoms with van der Waals surface area (Å²) in [5.74, 6) is -1.94. The molecule has 0 aliphatic heterocycles. The van der Waals surface area contributed by atoms with Gasteiger partial charge in [-0.05, 0) is 36.8 Å². The summed E-state index contributed by atoms with van der Waals surface area (Å²) in [6.07, 6.45) is 0. The molecule has 156 valence electrons. The van der Waals surface area contributed by atoms with Gasteiger partial charge in [-0.2, -0.15) is 0 Å². The van der Waals surface area contributed by atoms with Crippen molar-refractivity contribution in [2.24, 2.45) is 0 Å². The van der Waals surface area contributed by atoms with Crippen LogP contribution in [0.1, 0.15) is 36.0 Å². The molecule has 2 rings (SSSR count). The number of rotatable bonds is 6. The largest absolute Gasteiger partial charge is 0.465 e. The van der Waals surface area contributed by atoms with Crippen LogP contribution in [0.4, 0.5) is 5.00 Å². The second-order valence-corrected chi connectivity index (χ2v) is 9.18. The Labute approximate surface area is 172 Å². The van der Waals surface area contributed by atoms with Crippen LogP contribution in [-0.4, -0.2) is 58.9 Å². The van der Waals surface area contributed by atoms with Gasteiger partial charge in [0.1, 0.15) is 9.88 Å². The van der Waals surface area contributed by atoms with Gasteiger partial charge in [-0.1, -0.05) is 0 Å². The zero-order chi connectivity index (χ0) is 21.9. The fourth-order valence-electron chi connectivity index (χ4n) is 2.40. The Bertz CT molecular complexity index is 1050. The van der Waals surface area contributed by atoms with Crippen molar-refractivity contribution in [1.29, 1.82) is 0 Å². The predicted molar refractivity (Wildman–Crippen MR) is 107 cm³/mol. The molecule has 11 heteroatoms. The Morgan fingerprint density at radius 2 is 1.55 bits per heavy atom. The third kappa shape index (κ3) is 4.47. The van der Waals surface area contributed by atoms with Gasteiger partial charge in [0.25, 0.3) is 5.91 Å². The summed E-state index contributed by atoms with van der Waals surface area (Å²) in [7, 11) is 1.58. The van der Waals surface area contributed by atoms with E-state index < -0.39 is 27.9 Å². The topological polar surface area (TPSA) is 119 Å². The first-order valence-corrected chi connectivity index (χ1v) is 10.4. The number of amides is 1. The molecule has 9 nitrogen and oxygen atoms in total. The summed E-state index contributed by atoms with van der Waals surface area (Å²) in [6, 6.07) is 5.33. The van der Waals surface area contributed by atoms with Crippen molar-refractivity contribution in [3.8, 4) is 0 Å². The van der Waals surface area contributed by atoms with Gasteiger partial charge in [0.15, 0.2) is 0 Å². The van der Waals surface area contributed by atoms with Crippen LogP contribution < -0.4 is 5.32 Å². The van der Waals surface area contributed by atoms with Crippen LogP contribution in [-0.2, 0) is 19.5 Å². The van der Waals surface area contributed by atoms with Crippen LogP contribution in [0.2, 0.25) is 0 Å². The fraction of sp³-hybridized carbons (Fsp3) is 0.278. The normalized spacial score (nSPS) is 11.2. The minimum Gasteiger partial charge on any atom is -0.465 e. The number of esters is 2. The summed E-state index contributed by atoms with van der Waals surface area (Å²) < 4.78 is 34.7. The standard InChI is InChI=1S/C18H20N2O7S2/c1-10-13(17(22)26-4)16(28-14(10)18(23)27-5)19-15(21)11-6-8-12(9-7-11)29(24,25)20(2)3/h6-9H,1-5H3,(H,19,21). The molecule has 1 aromatic heterocycles. The van der Waals surface area contributed by atoms with Crippen LogP contribution in [0.25, 0.3) is 0 Å². The average molecular weight is 440 g/mol. The zero-order valence-corrected chi connectivity index (χ0v) is 18.1. The summed E-state index contributed by atoms with van der Waals surface area (Å²) in [6.45, 7) is 1.55. The average Bonchev–Trinajstić information content (AvgIpc) is 3.02. The predicted octanol–water partition coefficient (Wildman–Crippen LogP) is 2.13. The number of thiophene rings is 1. The minimum atomic E-state index is -3.62. The molecule has 0 aliphatic rings. The molecular weight excluding hydrogens is 420 g/mol. The highest BCUT2D eigenvalue weighted by Crippen LogP contribution is 2.34. The maximum absolute atomic E-state index is 12.6. The number of carbonyl (C=O) groups is 3. The number of benzene rings is 1. The van der Waals surface area contributed by atoms with Gasteiger partial charge >= 0.3 is 11.9 Å². The van der Waals surface area contributed by atoms with E-state index in [2.05, 4.69) is 5.32 Å². The lowest BCUT2D eigenvalue weighted by molar-refractivity contribution is 0.0601. The second kappa shape index (κ2) is 8.72. The molecule has 1 N–H and O–H groups in total. The van der Waals surface area contributed by atoms with E-state index in [1.807, 2.05) is 0 Å². The van der Waals surface area contributed by atoms with Crippen LogP contribution in [0, 0.1) is 6.92 Å². The Morgan fingerprint density at radius 1 is 1.00 bits per heavy atom. The number of carbonyl (C=O) groups excluding carboxylic acids is 3. The van der Waals surface area contributed by atoms with Crippen LogP contribution in [0.3, 0.4) is 0 Å². The summed E-state index contributed by atoms with van der Waals surface area (Å²) >= 11 is 0.887. The number of ether oxygens (including phenoxy) is 2. The third-order valence-corrected chi connectivity index (χ3v) is 7.05. The number of sulfonamides is 1. The van der Waals surface area contributed by atoms with Gasteiger partial charge in [-0.15, -0.1) is 11.3 Å². The summed E-state index contributed by atoms with van der Waals surface area (Å²) in [5, 5.41) is 2.70. The highest BCUT2D eigenvalue weighted by Gasteiger charge is 2.27. The van der Waals surface area contributed by atoms with Crippen LogP contribution >= 0.6 is 11.3 Å². The molecule has 0 fully saturated rings. The van der Waals surface area contributed by atoms with Gasteiger partial charge in [-0.25, -0.2) is 22.3 Å². The van der Waals surface area contributed by atoms with Crippen LogP contribution in [0.5, 0.6) is 0 Å². The first kappa shape index (κ1) is 22.5. The van der Waals surface area contributed by atoms with Gasteiger partial charge in [-0.3, -0.25) is 4.79 Å². The number of nitrogens with one attached hydrogen (secondary N) is 1. The quantitative estimate of drug-likeness (QED) is 0.684. The molecule has 0 unspecified atom stereocenters. The fourth-order valence-corrected chi connectivity index (χ4v) is 4.41. The molecule has 0 atom stereocenters. The first-order valence-electron chi connectivity index (χ1n) is 8.18. The molecule has 1 aromatic carbocycles. The summed E-state index contributed by atoms with van der Waals surface area (Å²) in [4.78, 5) is 36.8. The van der Waals surface area contributed by atoms with E-state index in [0.29, 0.717) is 5.56 Å². The van der Waals surface area contributed by atoms with Crippen LogP contribution in [0.15, 0.2) is 29.2 Å². The van der Waals surface area contributed by atoms with E-state index in [4.69, 9.17) is 9.47 Å². The number of anilines is 1. The van der Waals surface area contributed by atoms with Gasteiger partial charge < -0.3 is 14.8 Å². The molecule has 2 aromatic rings. The van der Waals surface area contributed by atoms with Crippen molar-refractivity contribution in [2.45, 2.75) is 11.8 Å². The van der Waals surface area contributed by atoms with E-state index in [0.717, 1.165) is 15.6 Å². The molecule has 0 saturated carbocycles. The molecule has 0 radical (unpaired) electrons. The smallest absolute Gasteiger partial charge is 0.348 e. The van der Waals surface area contributed by atoms with E-state index in [1.54, 1.807) is 6.92 Å². The minimum absolute atomic E-state index is 0.0363. The summed E-state index contributed by atoms with van der Waals surface area (Å²) in [5.41, 5.74) is 0.554. The number of nitrogens with zero attached hydrogens (tertiary/aromatic N) is 1. The number of hydrogen-bond acceptors (Lipinski definition) is 8. The van der Waals surface area contributed by atoms with E-state index in [-0.39, 0.29) is 25.9 Å². The van der Waals surface area contributed by atoms with E-state index >= 15 is 0 Å². The van der Waals surface area contributed by atoms with E-state index in [9.17, 15) is 22.8 Å². The highest BCUT2D eigenvalue weighted by atomic mass is 32.2. The molecule has 29 heavy (non-hydrogen) atoms. The third-order valence-electron chi connectivity index (χ3n) is 4.03. The number of methoxy groups -OCH3 is 2. The molecule has 0 spiro atoms. The Hall–Kier alpha value is -2.76. The van der Waals surface area contributed by atoms with Crippen molar-refractivity contribution < 1.29 is 32.3 Å². The Balaban J connectivity index is 2.38. The molecule has 0 bridgehead atoms. The molecule has 1 amide bonds. The van der Waals surface area contributed by atoms with Gasteiger partial charge in [0.05, 0.1) is 24.7 Å². The van der Waals surface area contributed by atoms with Crippen molar-refractivity contribution in [2.75, 3.05) is 33.6 Å². The lowest BCUT2D eigenvalue weighted by atomic mass is 10.1. The van der Waals surface area contributed by atoms with Gasteiger partial charge in [0.2, 0.25) is 10.0 Å². The molecule has 1 heterocycles. The first-order chi connectivity index (χ1) is 13.5. The van der Waals surface area contributed by atoms with Crippen molar-refractivity contribution in [3.05, 3.63) is 45.8 Å². The lowest BCUT2D eigenvalue weighted by Gasteiger charge is -2.11. The molecule has 0 saturated heterocycles. The maximum atomic E-state index is 12.6. The zero-order valence-electron chi connectivity index (χ0n) is 16.4. The number of hydrogen-bond donors (Lipinski definition) is 1. The van der Waals surface area contributed by atoms with Gasteiger partial charge in [0, 0.05) is 19.7 Å². The Kier molecular flexibility index (Phi) is 6.77. The SMILES string of the molecule is COC(=O)c1sc(NC(=O)c2ccc(S(=O)(=O)N(C)C)cc2)c(C(=O)OC)c1C. The van der Waals surface area contributed by atoms with E-state index in [1.165, 1.54) is 52.6 Å². The molecular formula is C18H20N2O7S2. The highest BCUT2D eigenvalue weighted by molar-refractivity contribution is 7.89. The van der Waals surface area contributed by atoms with Crippen molar-refractivity contribution >= 4 is 44.2 Å². The van der Waals surface area contributed by atoms with Crippen molar-refractivity contribution in [1.82, 2.24) is 4.31 Å². The van der Waals surface area contributed by atoms with Crippen molar-refractivity contribution in [3.63, 3.8) is 0 Å².